The maximum atomic E-state index is 13.5. The molecule has 206 valence electrons. The molecule has 3 heterocycles. The zero-order valence-corrected chi connectivity index (χ0v) is 23.3. The lowest BCUT2D eigenvalue weighted by molar-refractivity contribution is -0.132. The highest BCUT2D eigenvalue weighted by Gasteiger charge is 2.36. The van der Waals surface area contributed by atoms with Crippen molar-refractivity contribution in [2.45, 2.75) is 43.2 Å². The van der Waals surface area contributed by atoms with Gasteiger partial charge < -0.3 is 15.3 Å². The van der Waals surface area contributed by atoms with E-state index in [2.05, 4.69) is 30.4 Å². The highest BCUT2D eigenvalue weighted by Crippen LogP contribution is 2.26. The van der Waals surface area contributed by atoms with Crippen LogP contribution in [0.1, 0.15) is 25.0 Å². The zero-order valence-electron chi connectivity index (χ0n) is 22.5. The molecule has 1 amide bonds. The highest BCUT2D eigenvalue weighted by molar-refractivity contribution is 7.85. The summed E-state index contributed by atoms with van der Waals surface area (Å²) in [5, 5.41) is 19.7. The number of nitrogens with zero attached hydrogens (tertiary/aromatic N) is 5. The number of nitrogens with one attached hydrogen (secondary N) is 2. The lowest BCUT2D eigenvalue weighted by Crippen LogP contribution is -2.60. The summed E-state index contributed by atoms with van der Waals surface area (Å²) < 4.78 is 15.1. The van der Waals surface area contributed by atoms with Crippen LogP contribution in [-0.4, -0.2) is 84.8 Å². The van der Waals surface area contributed by atoms with Gasteiger partial charge in [0, 0.05) is 43.3 Å². The quantitative estimate of drug-likeness (QED) is 0.313. The van der Waals surface area contributed by atoms with Crippen molar-refractivity contribution in [3.63, 3.8) is 0 Å². The number of hydrogen-bond donors (Lipinski definition) is 3. The van der Waals surface area contributed by atoms with Gasteiger partial charge in [-0.15, -0.1) is 5.10 Å². The average molecular weight is 552 g/mol. The van der Waals surface area contributed by atoms with Crippen LogP contribution in [0.4, 0.5) is 5.69 Å². The summed E-state index contributed by atoms with van der Waals surface area (Å²) in [6.45, 7) is 10.5. The van der Waals surface area contributed by atoms with Gasteiger partial charge in [0.25, 0.3) is 5.56 Å². The van der Waals surface area contributed by atoms with Gasteiger partial charge in [-0.1, -0.05) is 17.7 Å². The van der Waals surface area contributed by atoms with Gasteiger partial charge in [-0.25, -0.2) is 13.9 Å². The average Bonchev–Trinajstić information content (AvgIpc) is 3.35. The van der Waals surface area contributed by atoms with Crippen molar-refractivity contribution in [1.29, 1.82) is 0 Å². The molecule has 4 aromatic rings. The third-order valence-electron chi connectivity index (χ3n) is 7.41. The lowest BCUT2D eigenvalue weighted by atomic mass is 10.00. The molecular weight excluding hydrogens is 518 g/mol. The van der Waals surface area contributed by atoms with E-state index in [-0.39, 0.29) is 29.7 Å². The van der Waals surface area contributed by atoms with Gasteiger partial charge in [-0.05, 0) is 57.5 Å². The molecule has 0 spiro atoms. The number of aliphatic hydroxyl groups excluding tert-OH is 1. The predicted molar refractivity (Wildman–Crippen MR) is 150 cm³/mol. The molecule has 3 N–H and O–H groups in total. The molecule has 1 unspecified atom stereocenters. The summed E-state index contributed by atoms with van der Waals surface area (Å²) in [6.07, 6.45) is 0. The summed E-state index contributed by atoms with van der Waals surface area (Å²) in [5.41, 5.74) is 2.62. The van der Waals surface area contributed by atoms with Gasteiger partial charge in [0.1, 0.15) is 10.8 Å². The fourth-order valence-corrected chi connectivity index (χ4v) is 6.26. The minimum absolute atomic E-state index is 0.0945. The summed E-state index contributed by atoms with van der Waals surface area (Å²) in [5.74, 6) is -0.113. The second-order valence-corrected chi connectivity index (χ2v) is 11.7. The SMILES string of the molecule is Cc1ccc(S(=O)c2n[nH]n3c2nc(=O)c2ccc(N4CCN(C(C)(C)C(=O)NCCO)CC4)cc23)c(C)c1. The monoisotopic (exact) mass is 551 g/mol. The van der Waals surface area contributed by atoms with Gasteiger partial charge in [-0.2, -0.15) is 4.98 Å². The molecule has 0 saturated carbocycles. The molecular formula is C27H33N7O4S. The summed E-state index contributed by atoms with van der Waals surface area (Å²) in [4.78, 5) is 34.7. The van der Waals surface area contributed by atoms with E-state index >= 15 is 0 Å². The molecule has 2 aromatic carbocycles. The van der Waals surface area contributed by atoms with Crippen LogP contribution < -0.4 is 15.8 Å². The minimum atomic E-state index is -1.62. The third kappa shape index (κ3) is 4.95. The number of aryl methyl sites for hydroxylation is 2. The molecule has 39 heavy (non-hydrogen) atoms. The Morgan fingerprint density at radius 3 is 2.56 bits per heavy atom. The molecule has 11 nitrogen and oxygen atoms in total. The first-order chi connectivity index (χ1) is 18.6. The number of fused-ring (bicyclic) bond motifs is 3. The fourth-order valence-electron chi connectivity index (χ4n) is 5.08. The first-order valence-corrected chi connectivity index (χ1v) is 14.1. The molecule has 1 fully saturated rings. The van der Waals surface area contributed by atoms with Gasteiger partial charge >= 0.3 is 0 Å². The molecule has 2 aromatic heterocycles. The van der Waals surface area contributed by atoms with Crippen LogP contribution >= 0.6 is 0 Å². The Kier molecular flexibility index (Phi) is 7.27. The van der Waals surface area contributed by atoms with Crippen LogP contribution in [0, 0.1) is 13.8 Å². The van der Waals surface area contributed by atoms with Gasteiger partial charge in [-0.3, -0.25) is 14.5 Å². The predicted octanol–water partition coefficient (Wildman–Crippen LogP) is 1.36. The summed E-state index contributed by atoms with van der Waals surface area (Å²) in [6, 6.07) is 11.3. The van der Waals surface area contributed by atoms with Crippen LogP contribution in [0.25, 0.3) is 16.6 Å². The molecule has 1 saturated heterocycles. The Labute approximate surface area is 228 Å². The van der Waals surface area contributed by atoms with E-state index in [9.17, 15) is 13.8 Å². The smallest absolute Gasteiger partial charge is 0.281 e. The standard InChI is InChI=1S/C27H33N7O4S/c1-17-5-8-22(18(2)15-17)39(38)25-23-29-24(36)20-7-6-19(16-21(20)34(23)31-30-25)32-10-12-33(13-11-32)27(3,4)26(37)28-9-14-35/h5-8,15-16,31,35H,9-14H2,1-4H3,(H,28,37). The van der Waals surface area contributed by atoms with Gasteiger partial charge in [0.2, 0.25) is 5.91 Å². The van der Waals surface area contributed by atoms with Crippen LogP contribution in [0.2, 0.25) is 0 Å². The van der Waals surface area contributed by atoms with Gasteiger partial charge in [0.05, 0.1) is 23.0 Å². The Morgan fingerprint density at radius 1 is 1.13 bits per heavy atom. The van der Waals surface area contributed by atoms with Crippen molar-refractivity contribution in [3.05, 3.63) is 57.9 Å². The number of anilines is 1. The van der Waals surface area contributed by atoms with Crippen molar-refractivity contribution in [2.24, 2.45) is 0 Å². The molecule has 0 aliphatic carbocycles. The molecule has 12 heteroatoms. The summed E-state index contributed by atoms with van der Waals surface area (Å²) >= 11 is 0. The number of carbonyl (C=O) groups excluding carboxylic acids is 1. The normalized spacial score (nSPS) is 15.7. The van der Waals surface area contributed by atoms with E-state index in [1.807, 2.05) is 58.0 Å². The van der Waals surface area contributed by atoms with E-state index in [1.165, 1.54) is 0 Å². The van der Waals surface area contributed by atoms with Crippen LogP contribution in [0.3, 0.4) is 0 Å². The van der Waals surface area contributed by atoms with E-state index in [4.69, 9.17) is 5.11 Å². The zero-order chi connectivity index (χ0) is 27.9. The van der Waals surface area contributed by atoms with E-state index in [0.717, 1.165) is 16.8 Å². The van der Waals surface area contributed by atoms with Crippen molar-refractivity contribution >= 4 is 38.9 Å². The van der Waals surface area contributed by atoms with Gasteiger partial charge in [0.15, 0.2) is 10.7 Å². The first kappa shape index (κ1) is 27.0. The Morgan fingerprint density at radius 2 is 1.87 bits per heavy atom. The number of amides is 1. The van der Waals surface area contributed by atoms with Crippen molar-refractivity contribution in [1.82, 2.24) is 30.0 Å². The van der Waals surface area contributed by atoms with Crippen molar-refractivity contribution in [2.75, 3.05) is 44.2 Å². The number of aromatic amines is 1. The number of aromatic nitrogens is 4. The Bertz CT molecular complexity index is 1640. The first-order valence-electron chi connectivity index (χ1n) is 12.9. The van der Waals surface area contributed by atoms with Crippen molar-refractivity contribution < 1.29 is 14.1 Å². The maximum absolute atomic E-state index is 13.5. The Balaban J connectivity index is 1.43. The topological polar surface area (TPSA) is 136 Å². The number of hydrogen-bond acceptors (Lipinski definition) is 8. The number of aliphatic hydroxyl groups is 1. The number of benzene rings is 2. The third-order valence-corrected chi connectivity index (χ3v) is 8.89. The molecule has 1 aliphatic heterocycles. The van der Waals surface area contributed by atoms with E-state index < -0.39 is 21.9 Å². The van der Waals surface area contributed by atoms with Crippen LogP contribution in [0.5, 0.6) is 0 Å². The highest BCUT2D eigenvalue weighted by atomic mass is 32.2. The number of rotatable bonds is 7. The minimum Gasteiger partial charge on any atom is -0.395 e. The number of piperazine rings is 1. The molecule has 1 aliphatic rings. The molecule has 5 rings (SSSR count). The van der Waals surface area contributed by atoms with E-state index in [1.54, 1.807) is 10.6 Å². The largest absolute Gasteiger partial charge is 0.395 e. The molecule has 0 bridgehead atoms. The number of carbonyl (C=O) groups is 1. The second kappa shape index (κ2) is 10.5. The van der Waals surface area contributed by atoms with Crippen LogP contribution in [-0.2, 0) is 15.6 Å². The van der Waals surface area contributed by atoms with E-state index in [0.29, 0.717) is 42.0 Å². The number of H-pyrrole nitrogens is 1. The maximum Gasteiger partial charge on any atom is 0.281 e. The van der Waals surface area contributed by atoms with Crippen LogP contribution in [0.15, 0.2) is 51.1 Å². The van der Waals surface area contributed by atoms with Crippen molar-refractivity contribution in [3.8, 4) is 0 Å². The lowest BCUT2D eigenvalue weighted by Gasteiger charge is -2.43. The molecule has 0 radical (unpaired) electrons. The fraction of sp³-hybridized carbons (Fsp3) is 0.407. The summed E-state index contributed by atoms with van der Waals surface area (Å²) in [7, 11) is -1.62. The molecule has 1 atom stereocenters. The Hall–Kier alpha value is -3.61. The second-order valence-electron chi connectivity index (χ2n) is 10.3.